The van der Waals surface area contributed by atoms with Crippen molar-refractivity contribution in [3.05, 3.63) is 11.6 Å². The van der Waals surface area contributed by atoms with E-state index in [-0.39, 0.29) is 39.8 Å². The fourth-order valence-corrected chi connectivity index (χ4v) is 9.45. The van der Waals surface area contributed by atoms with Crippen LogP contribution in [0.5, 0.6) is 0 Å². The summed E-state index contributed by atoms with van der Waals surface area (Å²) in [6, 6.07) is 0. The minimum absolute atomic E-state index is 0.0966. The highest BCUT2D eigenvalue weighted by molar-refractivity contribution is 5.85. The predicted molar refractivity (Wildman–Crippen MR) is 124 cm³/mol. The molecule has 0 radical (unpaired) electrons. The molecule has 32 heavy (non-hydrogen) atoms. The van der Waals surface area contributed by atoms with Crippen LogP contribution in [0.4, 0.5) is 0 Å². The first-order valence-electron chi connectivity index (χ1n) is 13.0. The van der Waals surface area contributed by atoms with Crippen molar-refractivity contribution < 1.29 is 19.1 Å². The van der Waals surface area contributed by atoms with Crippen molar-refractivity contribution >= 4 is 11.8 Å². The molecular formula is C28H42O4. The number of cyclic esters (lactones) is 1. The average Bonchev–Trinajstić information content (AvgIpc) is 3.22. The van der Waals surface area contributed by atoms with Gasteiger partial charge in [0.05, 0.1) is 6.42 Å². The predicted octanol–water partition coefficient (Wildman–Crippen LogP) is 6.09. The zero-order valence-electron chi connectivity index (χ0n) is 21.0. The van der Waals surface area contributed by atoms with E-state index >= 15 is 0 Å². The maximum Gasteiger partial charge on any atom is 0.308 e. The van der Waals surface area contributed by atoms with Crippen LogP contribution in [0.2, 0.25) is 0 Å². The van der Waals surface area contributed by atoms with Crippen LogP contribution in [0.25, 0.3) is 0 Å². The van der Waals surface area contributed by atoms with Crippen molar-refractivity contribution in [1.29, 1.82) is 0 Å². The lowest BCUT2D eigenvalue weighted by molar-refractivity contribution is -0.172. The van der Waals surface area contributed by atoms with Gasteiger partial charge in [0.1, 0.15) is 5.78 Å². The van der Waals surface area contributed by atoms with Crippen LogP contribution in [-0.2, 0) is 19.1 Å². The molecule has 1 saturated heterocycles. The summed E-state index contributed by atoms with van der Waals surface area (Å²) in [6.45, 7) is 14.5. The molecule has 0 aromatic rings. The smallest absolute Gasteiger partial charge is 0.308 e. The maximum absolute atomic E-state index is 12.8. The highest BCUT2D eigenvalue weighted by atomic mass is 16.7. The number of carbonyl (C=O) groups excluding carboxylic acids is 2. The minimum atomic E-state index is -0.373. The second-order valence-electron chi connectivity index (χ2n) is 12.8. The Morgan fingerprint density at radius 1 is 1.06 bits per heavy atom. The summed E-state index contributed by atoms with van der Waals surface area (Å²) in [7, 11) is 0. The SMILES string of the molecule is CCO[C@@H]1OC(=O)C[C@H]1[C@@H]1CC[C@]2(C)C3=CC[C@H]4C(C)(C)C(=O)CC[C@]4(C)[C@H]3CC[C@@]12C. The van der Waals surface area contributed by atoms with E-state index in [9.17, 15) is 9.59 Å². The summed E-state index contributed by atoms with van der Waals surface area (Å²) in [4.78, 5) is 25.0. The third kappa shape index (κ3) is 2.77. The van der Waals surface area contributed by atoms with Crippen LogP contribution in [0.1, 0.15) is 92.9 Å². The second-order valence-corrected chi connectivity index (χ2v) is 12.8. The summed E-state index contributed by atoms with van der Waals surface area (Å²) < 4.78 is 11.5. The van der Waals surface area contributed by atoms with Crippen molar-refractivity contribution in [3.8, 4) is 0 Å². The molecule has 8 atom stereocenters. The van der Waals surface area contributed by atoms with Crippen LogP contribution < -0.4 is 0 Å². The van der Waals surface area contributed by atoms with Gasteiger partial charge in [0, 0.05) is 24.4 Å². The Labute approximate surface area is 193 Å². The van der Waals surface area contributed by atoms with Gasteiger partial charge in [0.25, 0.3) is 0 Å². The quantitative estimate of drug-likeness (QED) is 0.392. The molecule has 0 aromatic heterocycles. The minimum Gasteiger partial charge on any atom is -0.435 e. The molecule has 4 fully saturated rings. The molecule has 0 amide bonds. The van der Waals surface area contributed by atoms with Crippen LogP contribution in [0.3, 0.4) is 0 Å². The standard InChI is InChI=1S/C28H42O4/c1-7-31-24-17(16-23(30)32-24)18-10-14-28(6)20-8-9-21-25(2,3)22(29)12-13-26(21,4)19(20)11-15-27(18,28)5/h8,17-19,21,24H,7,9-16H2,1-6H3/t17-,18-,19-,21-,24+,26+,27-,28+/m0/s1. The normalized spacial score (nSPS) is 49.7. The first-order chi connectivity index (χ1) is 15.0. The number of esters is 1. The van der Waals surface area contributed by atoms with Gasteiger partial charge < -0.3 is 9.47 Å². The highest BCUT2D eigenvalue weighted by Gasteiger charge is 2.66. The molecule has 1 aliphatic heterocycles. The summed E-state index contributed by atoms with van der Waals surface area (Å²) in [5.74, 6) is 2.00. The Balaban J connectivity index is 1.50. The van der Waals surface area contributed by atoms with Gasteiger partial charge in [0.2, 0.25) is 6.29 Å². The number of Topliss-reactive ketones (excluding diaryl/α,β-unsaturated/α-hetero) is 1. The Hall–Kier alpha value is -1.16. The topological polar surface area (TPSA) is 52.6 Å². The first-order valence-corrected chi connectivity index (χ1v) is 13.0. The number of hydrogen-bond acceptors (Lipinski definition) is 4. The second kappa shape index (κ2) is 7.17. The average molecular weight is 443 g/mol. The molecule has 4 aliphatic carbocycles. The van der Waals surface area contributed by atoms with Crippen molar-refractivity contribution in [3.63, 3.8) is 0 Å². The van der Waals surface area contributed by atoms with Crippen molar-refractivity contribution in [2.45, 2.75) is 99.2 Å². The molecule has 1 heterocycles. The molecule has 4 nitrogen and oxygen atoms in total. The van der Waals surface area contributed by atoms with Crippen LogP contribution >= 0.6 is 0 Å². The molecule has 0 spiro atoms. The molecule has 0 bridgehead atoms. The van der Waals surface area contributed by atoms with E-state index in [1.165, 1.54) is 19.3 Å². The van der Waals surface area contributed by atoms with E-state index < -0.39 is 0 Å². The molecule has 0 N–H and O–H groups in total. The summed E-state index contributed by atoms with van der Waals surface area (Å²) in [5.41, 5.74) is 1.98. The molecular weight excluding hydrogens is 400 g/mol. The number of ketones is 1. The number of fused-ring (bicyclic) bond motifs is 5. The maximum atomic E-state index is 12.8. The van der Waals surface area contributed by atoms with Gasteiger partial charge in [-0.3, -0.25) is 9.59 Å². The number of ether oxygens (including phenoxy) is 2. The zero-order valence-corrected chi connectivity index (χ0v) is 21.0. The fourth-order valence-electron chi connectivity index (χ4n) is 9.45. The summed E-state index contributed by atoms with van der Waals surface area (Å²) in [6.07, 6.45) is 10.2. The summed E-state index contributed by atoms with van der Waals surface area (Å²) in [5, 5.41) is 0. The van der Waals surface area contributed by atoms with Gasteiger partial charge in [-0.15, -0.1) is 0 Å². The fraction of sp³-hybridized carbons (Fsp3) is 0.857. The van der Waals surface area contributed by atoms with Gasteiger partial charge in [-0.25, -0.2) is 0 Å². The molecule has 0 unspecified atom stereocenters. The van der Waals surface area contributed by atoms with E-state index in [2.05, 4.69) is 40.7 Å². The van der Waals surface area contributed by atoms with Gasteiger partial charge in [-0.1, -0.05) is 46.3 Å². The zero-order chi connectivity index (χ0) is 23.1. The number of rotatable bonds is 3. The van der Waals surface area contributed by atoms with Crippen LogP contribution in [-0.4, -0.2) is 24.6 Å². The van der Waals surface area contributed by atoms with E-state index in [0.29, 0.717) is 36.6 Å². The molecule has 0 aromatic carbocycles. The van der Waals surface area contributed by atoms with Gasteiger partial charge in [0.15, 0.2) is 0 Å². The first kappa shape index (κ1) is 22.6. The van der Waals surface area contributed by atoms with E-state index in [0.717, 1.165) is 25.7 Å². The monoisotopic (exact) mass is 442 g/mol. The lowest BCUT2D eigenvalue weighted by Gasteiger charge is -2.63. The molecule has 4 heteroatoms. The highest BCUT2D eigenvalue weighted by Crippen LogP contribution is 2.73. The van der Waals surface area contributed by atoms with Crippen molar-refractivity contribution in [2.24, 2.45) is 45.3 Å². The Bertz CT molecular complexity index is 857. The van der Waals surface area contributed by atoms with Crippen molar-refractivity contribution in [1.82, 2.24) is 0 Å². The molecule has 5 aliphatic rings. The van der Waals surface area contributed by atoms with Gasteiger partial charge in [-0.05, 0) is 79.4 Å². The Morgan fingerprint density at radius 3 is 2.53 bits per heavy atom. The van der Waals surface area contributed by atoms with Crippen molar-refractivity contribution in [2.75, 3.05) is 6.61 Å². The van der Waals surface area contributed by atoms with Gasteiger partial charge >= 0.3 is 5.97 Å². The van der Waals surface area contributed by atoms with E-state index in [4.69, 9.17) is 9.47 Å². The summed E-state index contributed by atoms with van der Waals surface area (Å²) >= 11 is 0. The molecule has 178 valence electrons. The van der Waals surface area contributed by atoms with Crippen LogP contribution in [0, 0.1) is 45.3 Å². The number of allylic oxidation sites excluding steroid dienone is 2. The van der Waals surface area contributed by atoms with Crippen LogP contribution in [0.15, 0.2) is 11.6 Å². The lowest BCUT2D eigenvalue weighted by atomic mass is 9.41. The lowest BCUT2D eigenvalue weighted by Crippen LogP contribution is -2.57. The number of carbonyl (C=O) groups is 2. The largest absolute Gasteiger partial charge is 0.435 e. The Morgan fingerprint density at radius 2 is 1.81 bits per heavy atom. The van der Waals surface area contributed by atoms with E-state index in [1.807, 2.05) is 6.92 Å². The van der Waals surface area contributed by atoms with E-state index in [1.54, 1.807) is 5.57 Å². The Kier molecular flexibility index (Phi) is 5.07. The molecule has 3 saturated carbocycles. The number of hydrogen-bond donors (Lipinski definition) is 0. The third-order valence-corrected chi connectivity index (χ3v) is 11.5. The molecule has 5 rings (SSSR count). The third-order valence-electron chi connectivity index (χ3n) is 11.5. The van der Waals surface area contributed by atoms with Gasteiger partial charge in [-0.2, -0.15) is 0 Å².